The molecular weight excluding hydrogens is 138 g/mol. The van der Waals surface area contributed by atoms with Gasteiger partial charge < -0.3 is 0 Å². The first-order valence-corrected chi connectivity index (χ1v) is 4.43. The van der Waals surface area contributed by atoms with E-state index < -0.39 is 0 Å². The van der Waals surface area contributed by atoms with Crippen molar-refractivity contribution in [2.24, 2.45) is 0 Å². The van der Waals surface area contributed by atoms with Gasteiger partial charge in [-0.25, -0.2) is 0 Å². The summed E-state index contributed by atoms with van der Waals surface area (Å²) in [5.74, 6) is 0.291. The molecule has 0 aromatic carbocycles. The molecule has 11 heavy (non-hydrogen) atoms. The maximum absolute atomic E-state index is 11.0. The summed E-state index contributed by atoms with van der Waals surface area (Å²) < 4.78 is 0. The predicted octanol–water partition coefficient (Wildman–Crippen LogP) is 1.45. The summed E-state index contributed by atoms with van der Waals surface area (Å²) in [6, 6.07) is 0.839. The second-order valence-electron chi connectivity index (χ2n) is 3.35. The number of Topliss-reactive ketones (excluding diaryl/α,β-unsaturated/α-hetero) is 1. The monoisotopic (exact) mass is 155 g/mol. The molecule has 0 spiro atoms. The molecule has 1 unspecified atom stereocenters. The van der Waals surface area contributed by atoms with E-state index in [0.29, 0.717) is 11.8 Å². The minimum Gasteiger partial charge on any atom is -0.298 e. The topological polar surface area (TPSA) is 20.3 Å². The maximum atomic E-state index is 11.0. The summed E-state index contributed by atoms with van der Waals surface area (Å²) in [6.07, 6.45) is 2.57. The molecule has 2 heteroatoms. The van der Waals surface area contributed by atoms with Gasteiger partial charge in [0, 0.05) is 6.04 Å². The van der Waals surface area contributed by atoms with Crippen LogP contribution < -0.4 is 0 Å². The lowest BCUT2D eigenvalue weighted by molar-refractivity contribution is -0.121. The van der Waals surface area contributed by atoms with Crippen LogP contribution in [0.4, 0.5) is 0 Å². The van der Waals surface area contributed by atoms with Crippen molar-refractivity contribution in [1.29, 1.82) is 0 Å². The second kappa shape index (κ2) is 3.35. The number of hydrogen-bond acceptors (Lipinski definition) is 2. The second-order valence-corrected chi connectivity index (χ2v) is 3.35. The zero-order chi connectivity index (χ0) is 8.43. The lowest BCUT2D eigenvalue weighted by atomic mass is 10.2. The maximum Gasteiger partial charge on any atom is 0.146 e. The average molecular weight is 155 g/mol. The van der Waals surface area contributed by atoms with Crippen molar-refractivity contribution in [3.63, 3.8) is 0 Å². The number of carbonyl (C=O) groups is 1. The molecule has 0 saturated heterocycles. The molecular formula is C9H17NO. The van der Waals surface area contributed by atoms with Gasteiger partial charge in [0.25, 0.3) is 0 Å². The number of hydrogen-bond donors (Lipinski definition) is 0. The zero-order valence-electron chi connectivity index (χ0n) is 7.63. The summed E-state index contributed by atoms with van der Waals surface area (Å²) in [5, 5.41) is 0. The van der Waals surface area contributed by atoms with Gasteiger partial charge in [0.2, 0.25) is 0 Å². The number of likely N-dealkylation sites (N-methyl/N-ethyl adjacent to an activating group) is 1. The first-order chi connectivity index (χ1) is 5.16. The third kappa shape index (κ3) is 2.03. The highest BCUT2D eigenvalue weighted by atomic mass is 16.1. The van der Waals surface area contributed by atoms with E-state index in [1.807, 2.05) is 6.92 Å². The molecule has 0 aromatic heterocycles. The molecule has 1 rings (SSSR count). The smallest absolute Gasteiger partial charge is 0.146 e. The van der Waals surface area contributed by atoms with E-state index in [1.54, 1.807) is 6.92 Å². The Kier molecular flexibility index (Phi) is 2.66. The van der Waals surface area contributed by atoms with Gasteiger partial charge in [0.05, 0.1) is 6.04 Å². The van der Waals surface area contributed by atoms with E-state index in [4.69, 9.17) is 0 Å². The summed E-state index contributed by atoms with van der Waals surface area (Å²) in [5.41, 5.74) is 0. The predicted molar refractivity (Wildman–Crippen MR) is 45.5 cm³/mol. The molecule has 0 N–H and O–H groups in total. The van der Waals surface area contributed by atoms with E-state index >= 15 is 0 Å². The highest BCUT2D eigenvalue weighted by molar-refractivity contribution is 5.81. The van der Waals surface area contributed by atoms with Crippen LogP contribution in [0.3, 0.4) is 0 Å². The fourth-order valence-corrected chi connectivity index (χ4v) is 1.49. The minimum atomic E-state index is 0.132. The standard InChI is InChI=1S/C9H17NO/c1-4-10(9-5-6-9)7(2)8(3)11/h7,9H,4-6H2,1-3H3. The molecule has 0 aliphatic heterocycles. The van der Waals surface area contributed by atoms with Crippen LogP contribution in [0, 0.1) is 0 Å². The van der Waals surface area contributed by atoms with Crippen molar-refractivity contribution < 1.29 is 4.79 Å². The zero-order valence-corrected chi connectivity index (χ0v) is 7.63. The van der Waals surface area contributed by atoms with Crippen molar-refractivity contribution in [2.45, 2.75) is 45.7 Å². The molecule has 0 aromatic rings. The largest absolute Gasteiger partial charge is 0.298 e. The molecule has 0 bridgehead atoms. The van der Waals surface area contributed by atoms with Gasteiger partial charge in [0.15, 0.2) is 0 Å². The lowest BCUT2D eigenvalue weighted by Gasteiger charge is -2.25. The van der Waals surface area contributed by atoms with Crippen LogP contribution in [0.2, 0.25) is 0 Å². The Balaban J connectivity index is 2.45. The third-order valence-electron chi connectivity index (χ3n) is 2.47. The van der Waals surface area contributed by atoms with Crippen molar-refractivity contribution in [3.05, 3.63) is 0 Å². The first-order valence-electron chi connectivity index (χ1n) is 4.43. The molecule has 2 nitrogen and oxygen atoms in total. The Bertz CT molecular complexity index is 152. The van der Waals surface area contributed by atoms with E-state index in [-0.39, 0.29) is 6.04 Å². The van der Waals surface area contributed by atoms with Crippen molar-refractivity contribution in [3.8, 4) is 0 Å². The van der Waals surface area contributed by atoms with E-state index in [9.17, 15) is 4.79 Å². The number of ketones is 1. The van der Waals surface area contributed by atoms with Gasteiger partial charge in [-0.05, 0) is 33.2 Å². The van der Waals surface area contributed by atoms with Gasteiger partial charge >= 0.3 is 0 Å². The Morgan fingerprint density at radius 2 is 2.18 bits per heavy atom. The molecule has 0 radical (unpaired) electrons. The molecule has 1 aliphatic rings. The minimum absolute atomic E-state index is 0.132. The summed E-state index contributed by atoms with van der Waals surface area (Å²) in [4.78, 5) is 13.3. The first kappa shape index (κ1) is 8.72. The fourth-order valence-electron chi connectivity index (χ4n) is 1.49. The van der Waals surface area contributed by atoms with Crippen LogP contribution in [0.5, 0.6) is 0 Å². The van der Waals surface area contributed by atoms with Gasteiger partial charge in [-0.3, -0.25) is 9.69 Å². The molecule has 0 amide bonds. The molecule has 64 valence electrons. The Morgan fingerprint density at radius 3 is 2.45 bits per heavy atom. The van der Waals surface area contributed by atoms with Gasteiger partial charge in [-0.15, -0.1) is 0 Å². The van der Waals surface area contributed by atoms with Crippen LogP contribution in [0.1, 0.15) is 33.6 Å². The van der Waals surface area contributed by atoms with Crippen LogP contribution >= 0.6 is 0 Å². The average Bonchev–Trinajstić information content (AvgIpc) is 2.72. The quantitative estimate of drug-likeness (QED) is 0.612. The Morgan fingerprint density at radius 1 is 1.64 bits per heavy atom. The number of rotatable bonds is 4. The fraction of sp³-hybridized carbons (Fsp3) is 0.889. The molecule has 1 fully saturated rings. The van der Waals surface area contributed by atoms with E-state index in [0.717, 1.165) is 6.54 Å². The normalized spacial score (nSPS) is 20.4. The van der Waals surface area contributed by atoms with Crippen LogP contribution in [0.15, 0.2) is 0 Å². The summed E-state index contributed by atoms with van der Waals surface area (Å²) in [6.45, 7) is 6.81. The van der Waals surface area contributed by atoms with Crippen LogP contribution in [-0.4, -0.2) is 29.3 Å². The van der Waals surface area contributed by atoms with Gasteiger partial charge in [0.1, 0.15) is 5.78 Å². The van der Waals surface area contributed by atoms with Gasteiger partial charge in [-0.2, -0.15) is 0 Å². The number of carbonyl (C=O) groups excluding carboxylic acids is 1. The number of nitrogens with zero attached hydrogens (tertiary/aromatic N) is 1. The van der Waals surface area contributed by atoms with E-state index in [1.165, 1.54) is 12.8 Å². The van der Waals surface area contributed by atoms with Crippen molar-refractivity contribution in [2.75, 3.05) is 6.54 Å². The Labute approximate surface area is 68.6 Å². The molecule has 0 heterocycles. The highest BCUT2D eigenvalue weighted by Crippen LogP contribution is 2.28. The summed E-state index contributed by atoms with van der Waals surface area (Å²) >= 11 is 0. The van der Waals surface area contributed by atoms with Crippen LogP contribution in [0.25, 0.3) is 0 Å². The molecule has 1 aliphatic carbocycles. The van der Waals surface area contributed by atoms with Gasteiger partial charge in [-0.1, -0.05) is 6.92 Å². The molecule has 1 atom stereocenters. The lowest BCUT2D eigenvalue weighted by Crippen LogP contribution is -2.39. The third-order valence-corrected chi connectivity index (χ3v) is 2.47. The molecule has 1 saturated carbocycles. The summed E-state index contributed by atoms with van der Waals surface area (Å²) in [7, 11) is 0. The van der Waals surface area contributed by atoms with Crippen molar-refractivity contribution in [1.82, 2.24) is 4.90 Å². The van der Waals surface area contributed by atoms with E-state index in [2.05, 4.69) is 11.8 Å². The SMILES string of the molecule is CCN(C1CC1)C(C)C(C)=O. The Hall–Kier alpha value is -0.370. The van der Waals surface area contributed by atoms with Crippen molar-refractivity contribution >= 4 is 5.78 Å². The van der Waals surface area contributed by atoms with Crippen LogP contribution in [-0.2, 0) is 4.79 Å². The highest BCUT2D eigenvalue weighted by Gasteiger charge is 2.32.